The lowest BCUT2D eigenvalue weighted by Gasteiger charge is -2.11. The van der Waals surface area contributed by atoms with E-state index in [0.29, 0.717) is 0 Å². The molecule has 0 atom stereocenters. The topological polar surface area (TPSA) is 26.0 Å². The highest BCUT2D eigenvalue weighted by molar-refractivity contribution is 7.99. The number of allylic oxidation sites excluding steroid dienone is 1. The van der Waals surface area contributed by atoms with Gasteiger partial charge in [0, 0.05) is 5.75 Å². The maximum absolute atomic E-state index is 5.41. The lowest BCUT2D eigenvalue weighted by atomic mass is 10.1. The average Bonchev–Trinajstić information content (AvgIpc) is 2.03. The molecule has 0 spiro atoms. The maximum atomic E-state index is 5.41. The van der Waals surface area contributed by atoms with Crippen molar-refractivity contribution >= 4 is 11.8 Å². The average molecular weight is 157 g/mol. The molecule has 0 aromatic rings. The Morgan fingerprint density at radius 1 is 1.60 bits per heavy atom. The quantitative estimate of drug-likeness (QED) is 0.632. The van der Waals surface area contributed by atoms with Crippen molar-refractivity contribution < 1.29 is 0 Å². The standard InChI is InChI=1S/C8H15NS/c9-5-1-2-8-3-6-10-7-4-8/h3H,1-2,4-7,9H2. The van der Waals surface area contributed by atoms with E-state index in [2.05, 4.69) is 6.08 Å². The van der Waals surface area contributed by atoms with Crippen LogP contribution in [0.2, 0.25) is 0 Å². The van der Waals surface area contributed by atoms with Crippen molar-refractivity contribution in [3.8, 4) is 0 Å². The second-order valence-corrected chi connectivity index (χ2v) is 3.73. The van der Waals surface area contributed by atoms with Crippen molar-refractivity contribution in [1.82, 2.24) is 0 Å². The van der Waals surface area contributed by atoms with Crippen LogP contribution < -0.4 is 5.73 Å². The molecule has 58 valence electrons. The predicted octanol–water partition coefficient (Wildman–Crippen LogP) is 1.79. The van der Waals surface area contributed by atoms with Crippen LogP contribution in [0.4, 0.5) is 0 Å². The van der Waals surface area contributed by atoms with Gasteiger partial charge in [-0.2, -0.15) is 11.8 Å². The lowest BCUT2D eigenvalue weighted by molar-refractivity contribution is 0.795. The zero-order chi connectivity index (χ0) is 7.23. The van der Waals surface area contributed by atoms with E-state index in [1.54, 1.807) is 5.57 Å². The number of hydrogen-bond donors (Lipinski definition) is 1. The summed E-state index contributed by atoms with van der Waals surface area (Å²) in [5, 5.41) is 0. The Balaban J connectivity index is 2.18. The van der Waals surface area contributed by atoms with Gasteiger partial charge in [0.1, 0.15) is 0 Å². The van der Waals surface area contributed by atoms with Gasteiger partial charge in [-0.05, 0) is 31.6 Å². The SMILES string of the molecule is NCCCC1=CCSCC1. The number of hydrogen-bond acceptors (Lipinski definition) is 2. The zero-order valence-electron chi connectivity index (χ0n) is 6.31. The second kappa shape index (κ2) is 4.80. The van der Waals surface area contributed by atoms with Crippen LogP contribution in [0.25, 0.3) is 0 Å². The fourth-order valence-corrected chi connectivity index (χ4v) is 2.05. The van der Waals surface area contributed by atoms with E-state index in [4.69, 9.17) is 5.73 Å². The highest BCUT2D eigenvalue weighted by Gasteiger charge is 2.01. The van der Waals surface area contributed by atoms with Crippen LogP contribution in [0, 0.1) is 0 Å². The molecule has 0 aromatic carbocycles. The van der Waals surface area contributed by atoms with Crippen LogP contribution in [-0.4, -0.2) is 18.1 Å². The van der Waals surface area contributed by atoms with Gasteiger partial charge < -0.3 is 5.73 Å². The van der Waals surface area contributed by atoms with Crippen molar-refractivity contribution in [3.63, 3.8) is 0 Å². The molecular formula is C8H15NS. The summed E-state index contributed by atoms with van der Waals surface area (Å²) in [5.74, 6) is 2.54. The molecule has 1 nitrogen and oxygen atoms in total. The van der Waals surface area contributed by atoms with Gasteiger partial charge in [-0.15, -0.1) is 0 Å². The van der Waals surface area contributed by atoms with Gasteiger partial charge in [-0.3, -0.25) is 0 Å². The highest BCUT2D eigenvalue weighted by Crippen LogP contribution is 2.19. The second-order valence-electron chi connectivity index (χ2n) is 2.58. The molecule has 2 N–H and O–H groups in total. The number of thioether (sulfide) groups is 1. The monoisotopic (exact) mass is 157 g/mol. The zero-order valence-corrected chi connectivity index (χ0v) is 7.12. The Bertz CT molecular complexity index is 120. The highest BCUT2D eigenvalue weighted by atomic mass is 32.2. The summed E-state index contributed by atoms with van der Waals surface area (Å²) in [6.45, 7) is 0.838. The van der Waals surface area contributed by atoms with Crippen molar-refractivity contribution in [2.45, 2.75) is 19.3 Å². The first-order valence-electron chi connectivity index (χ1n) is 3.89. The van der Waals surface area contributed by atoms with E-state index in [0.717, 1.165) is 13.0 Å². The van der Waals surface area contributed by atoms with Gasteiger partial charge in [-0.1, -0.05) is 11.6 Å². The summed E-state index contributed by atoms with van der Waals surface area (Å²) in [5.41, 5.74) is 7.04. The van der Waals surface area contributed by atoms with Crippen LogP contribution in [0.15, 0.2) is 11.6 Å². The van der Waals surface area contributed by atoms with Crippen LogP contribution in [0.3, 0.4) is 0 Å². The first-order valence-corrected chi connectivity index (χ1v) is 5.04. The summed E-state index contributed by atoms with van der Waals surface area (Å²) in [6.07, 6.45) is 6.06. The van der Waals surface area contributed by atoms with Crippen LogP contribution in [0.5, 0.6) is 0 Å². The molecule has 0 aliphatic carbocycles. The van der Waals surface area contributed by atoms with Gasteiger partial charge in [0.25, 0.3) is 0 Å². The normalized spacial score (nSPS) is 18.7. The summed E-state index contributed by atoms with van der Waals surface area (Å²) >= 11 is 2.02. The Morgan fingerprint density at radius 2 is 2.50 bits per heavy atom. The van der Waals surface area contributed by atoms with E-state index < -0.39 is 0 Å². The third-order valence-electron chi connectivity index (χ3n) is 1.76. The van der Waals surface area contributed by atoms with E-state index in [-0.39, 0.29) is 0 Å². The molecule has 2 heteroatoms. The van der Waals surface area contributed by atoms with Crippen LogP contribution >= 0.6 is 11.8 Å². The predicted molar refractivity (Wildman–Crippen MR) is 48.3 cm³/mol. The maximum Gasteiger partial charge on any atom is 0.0116 e. The van der Waals surface area contributed by atoms with Gasteiger partial charge in [0.05, 0.1) is 0 Å². The van der Waals surface area contributed by atoms with Gasteiger partial charge in [0.15, 0.2) is 0 Å². The fraction of sp³-hybridized carbons (Fsp3) is 0.750. The minimum Gasteiger partial charge on any atom is -0.330 e. The fourth-order valence-electron chi connectivity index (χ4n) is 1.12. The van der Waals surface area contributed by atoms with E-state index >= 15 is 0 Å². The largest absolute Gasteiger partial charge is 0.330 e. The molecule has 0 aromatic heterocycles. The minimum atomic E-state index is 0.838. The molecule has 0 amide bonds. The van der Waals surface area contributed by atoms with Crippen LogP contribution in [0.1, 0.15) is 19.3 Å². The molecule has 10 heavy (non-hydrogen) atoms. The first kappa shape index (κ1) is 8.15. The molecule has 1 aliphatic rings. The van der Waals surface area contributed by atoms with Crippen molar-refractivity contribution in [2.24, 2.45) is 5.73 Å². The molecule has 1 aliphatic heterocycles. The molecule has 1 heterocycles. The first-order chi connectivity index (χ1) is 4.93. The van der Waals surface area contributed by atoms with E-state index in [1.165, 1.54) is 24.3 Å². The summed E-state index contributed by atoms with van der Waals surface area (Å²) in [4.78, 5) is 0. The Morgan fingerprint density at radius 3 is 3.10 bits per heavy atom. The third-order valence-corrected chi connectivity index (χ3v) is 2.65. The van der Waals surface area contributed by atoms with Crippen LogP contribution in [-0.2, 0) is 0 Å². The molecular weight excluding hydrogens is 142 g/mol. The summed E-state index contributed by atoms with van der Waals surface area (Å²) < 4.78 is 0. The Kier molecular flexibility index (Phi) is 3.91. The molecule has 0 saturated heterocycles. The van der Waals surface area contributed by atoms with E-state index in [9.17, 15) is 0 Å². The van der Waals surface area contributed by atoms with Gasteiger partial charge >= 0.3 is 0 Å². The summed E-state index contributed by atoms with van der Waals surface area (Å²) in [6, 6.07) is 0. The minimum absolute atomic E-state index is 0.838. The number of nitrogens with two attached hydrogens (primary N) is 1. The van der Waals surface area contributed by atoms with E-state index in [1.807, 2.05) is 11.8 Å². The lowest BCUT2D eigenvalue weighted by Crippen LogP contribution is -2.01. The third kappa shape index (κ3) is 2.76. The van der Waals surface area contributed by atoms with Crippen molar-refractivity contribution in [3.05, 3.63) is 11.6 Å². The molecule has 0 radical (unpaired) electrons. The molecule has 0 saturated carbocycles. The smallest absolute Gasteiger partial charge is 0.0116 e. The summed E-state index contributed by atoms with van der Waals surface area (Å²) in [7, 11) is 0. The van der Waals surface area contributed by atoms with Gasteiger partial charge in [-0.25, -0.2) is 0 Å². The van der Waals surface area contributed by atoms with Crippen molar-refractivity contribution in [2.75, 3.05) is 18.1 Å². The molecule has 0 bridgehead atoms. The molecule has 1 rings (SSSR count). The Labute approximate surface area is 67.1 Å². The van der Waals surface area contributed by atoms with Crippen molar-refractivity contribution in [1.29, 1.82) is 0 Å². The molecule has 0 fully saturated rings. The molecule has 0 unspecified atom stereocenters. The Hall–Kier alpha value is 0.0500. The van der Waals surface area contributed by atoms with Gasteiger partial charge in [0.2, 0.25) is 0 Å². The number of rotatable bonds is 3.